The van der Waals surface area contributed by atoms with Gasteiger partial charge in [-0.05, 0) is 49.6 Å². The summed E-state index contributed by atoms with van der Waals surface area (Å²) in [6.07, 6.45) is 3.06. The molecule has 0 aliphatic carbocycles. The summed E-state index contributed by atoms with van der Waals surface area (Å²) in [7, 11) is 0. The van der Waals surface area contributed by atoms with E-state index in [0.717, 1.165) is 11.3 Å². The van der Waals surface area contributed by atoms with Crippen molar-refractivity contribution in [2.24, 2.45) is 0 Å². The maximum absolute atomic E-state index is 12.7. The highest BCUT2D eigenvalue weighted by Gasteiger charge is 2.25. The van der Waals surface area contributed by atoms with E-state index in [4.69, 9.17) is 4.74 Å². The number of piperidine rings is 1. The molecule has 0 atom stereocenters. The van der Waals surface area contributed by atoms with E-state index in [2.05, 4.69) is 15.6 Å². The summed E-state index contributed by atoms with van der Waals surface area (Å²) in [5, 5.41) is 11.1. The fourth-order valence-electron chi connectivity index (χ4n) is 3.78. The van der Waals surface area contributed by atoms with Gasteiger partial charge in [0.05, 0.1) is 19.3 Å². The van der Waals surface area contributed by atoms with E-state index in [9.17, 15) is 9.59 Å². The Morgan fingerprint density at radius 1 is 1.06 bits per heavy atom. The summed E-state index contributed by atoms with van der Waals surface area (Å²) in [6.45, 7) is 4.27. The lowest BCUT2D eigenvalue weighted by Crippen LogP contribution is -2.46. The summed E-state index contributed by atoms with van der Waals surface area (Å²) in [5.74, 6) is 0.522. The van der Waals surface area contributed by atoms with Gasteiger partial charge in [-0.2, -0.15) is 0 Å². The third-order valence-electron chi connectivity index (χ3n) is 5.49. The van der Waals surface area contributed by atoms with Crippen LogP contribution in [0.15, 0.2) is 60.8 Å². The molecule has 32 heavy (non-hydrogen) atoms. The Morgan fingerprint density at radius 2 is 1.78 bits per heavy atom. The van der Waals surface area contributed by atoms with E-state index >= 15 is 0 Å². The van der Waals surface area contributed by atoms with E-state index in [1.165, 1.54) is 0 Å². The van der Waals surface area contributed by atoms with Crippen LogP contribution in [0, 0.1) is 0 Å². The molecular formula is C24H27N5O3. The second kappa shape index (κ2) is 10.1. The molecule has 166 valence electrons. The fraction of sp³-hybridized carbons (Fsp3) is 0.333. The molecule has 2 amide bonds. The molecular weight excluding hydrogens is 406 g/mol. The van der Waals surface area contributed by atoms with Crippen LogP contribution in [0.3, 0.4) is 0 Å². The number of rotatable bonds is 7. The molecule has 0 unspecified atom stereocenters. The molecule has 2 aromatic carbocycles. The second-order valence-corrected chi connectivity index (χ2v) is 7.78. The van der Waals surface area contributed by atoms with Crippen molar-refractivity contribution in [2.45, 2.75) is 32.4 Å². The van der Waals surface area contributed by atoms with Gasteiger partial charge in [0.15, 0.2) is 5.69 Å². The molecule has 0 spiro atoms. The Morgan fingerprint density at radius 3 is 2.47 bits per heavy atom. The number of nitrogens with zero attached hydrogens (tertiary/aromatic N) is 4. The van der Waals surface area contributed by atoms with Gasteiger partial charge in [-0.3, -0.25) is 9.59 Å². The predicted octanol–water partition coefficient (Wildman–Crippen LogP) is 2.76. The first-order chi connectivity index (χ1) is 15.6. The first-order valence-corrected chi connectivity index (χ1v) is 10.9. The molecule has 8 heteroatoms. The number of aromatic nitrogens is 3. The Kier molecular flexibility index (Phi) is 6.79. The van der Waals surface area contributed by atoms with Crippen LogP contribution in [-0.4, -0.2) is 57.4 Å². The largest absolute Gasteiger partial charge is 0.494 e. The van der Waals surface area contributed by atoms with Crippen LogP contribution in [0.25, 0.3) is 0 Å². The second-order valence-electron chi connectivity index (χ2n) is 7.78. The number of ether oxygens (including phenoxy) is 1. The van der Waals surface area contributed by atoms with Crippen molar-refractivity contribution in [2.75, 3.05) is 19.7 Å². The summed E-state index contributed by atoms with van der Waals surface area (Å²) in [4.78, 5) is 27.2. The Labute approximate surface area is 187 Å². The molecule has 0 bridgehead atoms. The van der Waals surface area contributed by atoms with Crippen molar-refractivity contribution in [3.63, 3.8) is 0 Å². The lowest BCUT2D eigenvalue weighted by atomic mass is 10.0. The van der Waals surface area contributed by atoms with Crippen LogP contribution in [0.5, 0.6) is 5.75 Å². The topological polar surface area (TPSA) is 89.4 Å². The van der Waals surface area contributed by atoms with Crippen LogP contribution in [0.2, 0.25) is 0 Å². The molecule has 1 fully saturated rings. The summed E-state index contributed by atoms with van der Waals surface area (Å²) >= 11 is 0. The third kappa shape index (κ3) is 5.32. The Balaban J connectivity index is 1.26. The smallest absolute Gasteiger partial charge is 0.273 e. The first-order valence-electron chi connectivity index (χ1n) is 10.9. The standard InChI is InChI=1S/C24H27N5O3/c1-2-32-21-10-8-19(9-11-21)24(31)28-14-12-20(13-15-28)25-23(30)22-17-29(27-26-22)16-18-6-4-3-5-7-18/h3-11,17,20H,2,12-16H2,1H3,(H,25,30). The zero-order chi connectivity index (χ0) is 22.3. The predicted molar refractivity (Wildman–Crippen MR) is 120 cm³/mol. The number of hydrogen-bond donors (Lipinski definition) is 1. The van der Waals surface area contributed by atoms with Gasteiger partial charge < -0.3 is 15.0 Å². The van der Waals surface area contributed by atoms with E-state index < -0.39 is 0 Å². The van der Waals surface area contributed by atoms with Crippen molar-refractivity contribution < 1.29 is 14.3 Å². The molecule has 1 N–H and O–H groups in total. The highest BCUT2D eigenvalue weighted by molar-refractivity contribution is 5.94. The zero-order valence-corrected chi connectivity index (χ0v) is 18.1. The normalized spacial score (nSPS) is 14.2. The average Bonchev–Trinajstić information content (AvgIpc) is 3.29. The SMILES string of the molecule is CCOc1ccc(C(=O)N2CCC(NC(=O)c3cn(Cc4ccccc4)nn3)CC2)cc1. The molecule has 1 aliphatic heterocycles. The number of carbonyl (C=O) groups is 2. The minimum absolute atomic E-state index is 0.00156. The molecule has 1 saturated heterocycles. The van der Waals surface area contributed by atoms with E-state index in [0.29, 0.717) is 50.3 Å². The monoisotopic (exact) mass is 433 g/mol. The summed E-state index contributed by atoms with van der Waals surface area (Å²) in [6, 6.07) is 17.1. The molecule has 1 aliphatic rings. The van der Waals surface area contributed by atoms with Gasteiger partial charge in [-0.25, -0.2) is 4.68 Å². The highest BCUT2D eigenvalue weighted by atomic mass is 16.5. The van der Waals surface area contributed by atoms with Crippen molar-refractivity contribution in [3.05, 3.63) is 77.6 Å². The molecule has 1 aromatic heterocycles. The van der Waals surface area contributed by atoms with Crippen molar-refractivity contribution >= 4 is 11.8 Å². The Hall–Kier alpha value is -3.68. The molecule has 2 heterocycles. The van der Waals surface area contributed by atoms with Crippen LogP contribution >= 0.6 is 0 Å². The minimum atomic E-state index is -0.236. The van der Waals surface area contributed by atoms with Crippen LogP contribution < -0.4 is 10.1 Å². The summed E-state index contributed by atoms with van der Waals surface area (Å²) < 4.78 is 7.08. The third-order valence-corrected chi connectivity index (χ3v) is 5.49. The van der Waals surface area contributed by atoms with E-state index in [1.807, 2.05) is 54.3 Å². The van der Waals surface area contributed by atoms with Gasteiger partial charge in [0, 0.05) is 24.7 Å². The highest BCUT2D eigenvalue weighted by Crippen LogP contribution is 2.17. The van der Waals surface area contributed by atoms with Crippen molar-refractivity contribution in [1.29, 1.82) is 0 Å². The van der Waals surface area contributed by atoms with Gasteiger partial charge in [0.1, 0.15) is 5.75 Å². The van der Waals surface area contributed by atoms with Gasteiger partial charge >= 0.3 is 0 Å². The molecule has 3 aromatic rings. The number of likely N-dealkylation sites (tertiary alicyclic amines) is 1. The number of benzene rings is 2. The molecule has 8 nitrogen and oxygen atoms in total. The van der Waals surface area contributed by atoms with Crippen LogP contribution in [0.4, 0.5) is 0 Å². The maximum atomic E-state index is 12.7. The van der Waals surface area contributed by atoms with Crippen LogP contribution in [-0.2, 0) is 6.54 Å². The number of nitrogens with one attached hydrogen (secondary N) is 1. The van der Waals surface area contributed by atoms with Crippen LogP contribution in [0.1, 0.15) is 46.2 Å². The fourth-order valence-corrected chi connectivity index (χ4v) is 3.78. The van der Waals surface area contributed by atoms with Gasteiger partial charge in [-0.1, -0.05) is 35.5 Å². The Bertz CT molecular complexity index is 1040. The first kappa shape index (κ1) is 21.5. The quantitative estimate of drug-likeness (QED) is 0.619. The lowest BCUT2D eigenvalue weighted by Gasteiger charge is -2.32. The van der Waals surface area contributed by atoms with Gasteiger partial charge in [0.2, 0.25) is 0 Å². The maximum Gasteiger partial charge on any atom is 0.273 e. The number of carbonyl (C=O) groups excluding carboxylic acids is 2. The van der Waals surface area contributed by atoms with Gasteiger partial charge in [0.25, 0.3) is 11.8 Å². The molecule has 0 radical (unpaired) electrons. The lowest BCUT2D eigenvalue weighted by molar-refractivity contribution is 0.0697. The van der Waals surface area contributed by atoms with Gasteiger partial charge in [-0.15, -0.1) is 5.10 Å². The molecule has 4 rings (SSSR count). The molecule has 0 saturated carbocycles. The number of amides is 2. The average molecular weight is 434 g/mol. The summed E-state index contributed by atoms with van der Waals surface area (Å²) in [5.41, 5.74) is 2.04. The van der Waals surface area contributed by atoms with Crippen molar-refractivity contribution in [3.8, 4) is 5.75 Å². The number of hydrogen-bond acceptors (Lipinski definition) is 5. The minimum Gasteiger partial charge on any atom is -0.494 e. The van der Waals surface area contributed by atoms with E-state index in [1.54, 1.807) is 23.0 Å². The van der Waals surface area contributed by atoms with Crippen molar-refractivity contribution in [1.82, 2.24) is 25.2 Å². The van der Waals surface area contributed by atoms with E-state index in [-0.39, 0.29) is 17.9 Å². The zero-order valence-electron chi connectivity index (χ0n) is 18.1.